The number of hydrogen-bond acceptors (Lipinski definition) is 7. The predicted molar refractivity (Wildman–Crippen MR) is 130 cm³/mol. The number of likely N-dealkylation sites (tertiary alicyclic amines) is 1. The standard InChI is InChI=1S/C23H25ClN4O4S/c1-14(29)25-16-6-7-18-19(11-16)33-22(26-18)27-21(30)13-28-9-8-23(2,31)20(12-28)32-17-5-3-4-15(24)10-17/h3-7,10-11,20,31H,8-9,12-13H2,1-2H3,(H,25,29)(H,26,27,30)/t20-,23-/m0/s1. The Morgan fingerprint density at radius 1 is 1.30 bits per heavy atom. The Labute approximate surface area is 200 Å². The van der Waals surface area contributed by atoms with E-state index in [0.717, 1.165) is 10.2 Å². The SMILES string of the molecule is CC(=O)Nc1ccc2nc(NC(=O)CN3CC[C@](C)(O)[C@@H](Oc4cccc(Cl)c4)C3)sc2c1. The number of fused-ring (bicyclic) bond motifs is 1. The highest BCUT2D eigenvalue weighted by Crippen LogP contribution is 2.30. The molecule has 0 unspecified atom stereocenters. The third-order valence-electron chi connectivity index (χ3n) is 5.45. The Morgan fingerprint density at radius 2 is 2.12 bits per heavy atom. The van der Waals surface area contributed by atoms with Gasteiger partial charge in [0.15, 0.2) is 5.13 Å². The van der Waals surface area contributed by atoms with Crippen molar-refractivity contribution >= 4 is 55.8 Å². The van der Waals surface area contributed by atoms with Crippen LogP contribution in [0.4, 0.5) is 10.8 Å². The summed E-state index contributed by atoms with van der Waals surface area (Å²) >= 11 is 7.38. The second kappa shape index (κ2) is 9.64. The third kappa shape index (κ3) is 6.00. The first-order valence-electron chi connectivity index (χ1n) is 10.5. The number of carbonyl (C=O) groups is 2. The van der Waals surface area contributed by atoms with E-state index in [1.165, 1.54) is 18.3 Å². The highest BCUT2D eigenvalue weighted by atomic mass is 35.5. The van der Waals surface area contributed by atoms with E-state index in [0.29, 0.717) is 41.1 Å². The number of aliphatic hydroxyl groups is 1. The summed E-state index contributed by atoms with van der Waals surface area (Å²) in [4.78, 5) is 30.3. The fourth-order valence-electron chi connectivity index (χ4n) is 3.70. The van der Waals surface area contributed by atoms with E-state index in [2.05, 4.69) is 15.6 Å². The summed E-state index contributed by atoms with van der Waals surface area (Å²) in [6, 6.07) is 12.4. The fourth-order valence-corrected chi connectivity index (χ4v) is 4.80. The number of hydrogen-bond donors (Lipinski definition) is 3. The molecule has 1 aromatic heterocycles. The molecule has 0 bridgehead atoms. The van der Waals surface area contributed by atoms with Crippen molar-refractivity contribution in [1.82, 2.24) is 9.88 Å². The molecule has 0 radical (unpaired) electrons. The van der Waals surface area contributed by atoms with E-state index >= 15 is 0 Å². The molecule has 174 valence electrons. The number of nitrogens with zero attached hydrogens (tertiary/aromatic N) is 2. The Hall–Kier alpha value is -2.72. The number of nitrogens with one attached hydrogen (secondary N) is 2. The van der Waals surface area contributed by atoms with E-state index in [1.807, 2.05) is 11.0 Å². The number of rotatable bonds is 6. The van der Waals surface area contributed by atoms with Crippen LogP contribution in [0.3, 0.4) is 0 Å². The number of aromatic nitrogens is 1. The topological polar surface area (TPSA) is 104 Å². The highest BCUT2D eigenvalue weighted by molar-refractivity contribution is 7.22. The third-order valence-corrected chi connectivity index (χ3v) is 6.62. The smallest absolute Gasteiger partial charge is 0.240 e. The van der Waals surface area contributed by atoms with Gasteiger partial charge >= 0.3 is 0 Å². The van der Waals surface area contributed by atoms with Crippen LogP contribution in [0.2, 0.25) is 5.02 Å². The normalized spacial score (nSPS) is 21.0. The number of amides is 2. The number of halogens is 1. The van der Waals surface area contributed by atoms with E-state index in [1.54, 1.807) is 43.3 Å². The van der Waals surface area contributed by atoms with E-state index in [-0.39, 0.29) is 18.4 Å². The molecule has 0 aliphatic carbocycles. The Balaban J connectivity index is 1.38. The minimum atomic E-state index is -1.02. The maximum Gasteiger partial charge on any atom is 0.240 e. The summed E-state index contributed by atoms with van der Waals surface area (Å²) in [6.07, 6.45) is -0.0364. The molecular weight excluding hydrogens is 464 g/mol. The molecule has 3 N–H and O–H groups in total. The van der Waals surface area contributed by atoms with Gasteiger partial charge in [-0.15, -0.1) is 0 Å². The maximum atomic E-state index is 12.7. The van der Waals surface area contributed by atoms with E-state index < -0.39 is 11.7 Å². The number of carbonyl (C=O) groups excluding carboxylic acids is 2. The predicted octanol–water partition coefficient (Wildman–Crippen LogP) is 3.75. The molecule has 0 spiro atoms. The van der Waals surface area contributed by atoms with Gasteiger partial charge in [0.05, 0.1) is 16.8 Å². The van der Waals surface area contributed by atoms with Crippen LogP contribution in [0.5, 0.6) is 5.75 Å². The lowest BCUT2D eigenvalue weighted by molar-refractivity contribution is -0.122. The van der Waals surface area contributed by atoms with Gasteiger partial charge in [-0.1, -0.05) is 29.0 Å². The van der Waals surface area contributed by atoms with Gasteiger partial charge < -0.3 is 20.5 Å². The van der Waals surface area contributed by atoms with Crippen LogP contribution < -0.4 is 15.4 Å². The maximum absolute atomic E-state index is 12.7. The van der Waals surface area contributed by atoms with Crippen LogP contribution in [0.15, 0.2) is 42.5 Å². The van der Waals surface area contributed by atoms with Crippen molar-refractivity contribution in [1.29, 1.82) is 0 Å². The number of thiazole rings is 1. The molecule has 3 aromatic rings. The fraction of sp³-hybridized carbons (Fsp3) is 0.348. The Kier molecular flexibility index (Phi) is 6.85. The molecule has 4 rings (SSSR count). The molecule has 1 saturated heterocycles. The molecule has 2 atom stereocenters. The summed E-state index contributed by atoms with van der Waals surface area (Å²) in [5, 5.41) is 17.4. The second-order valence-corrected chi connectivity index (χ2v) is 9.80. The lowest BCUT2D eigenvalue weighted by atomic mass is 9.90. The van der Waals surface area contributed by atoms with Crippen LogP contribution in [0, 0.1) is 0 Å². The summed E-state index contributed by atoms with van der Waals surface area (Å²) < 4.78 is 6.87. The highest BCUT2D eigenvalue weighted by Gasteiger charge is 2.39. The van der Waals surface area contributed by atoms with Crippen molar-refractivity contribution in [2.24, 2.45) is 0 Å². The van der Waals surface area contributed by atoms with E-state index in [9.17, 15) is 14.7 Å². The molecular formula is C23H25ClN4O4S. The van der Waals surface area contributed by atoms with Gasteiger partial charge in [0.2, 0.25) is 11.8 Å². The zero-order valence-corrected chi connectivity index (χ0v) is 19.9. The summed E-state index contributed by atoms with van der Waals surface area (Å²) in [6.45, 7) is 4.31. The first-order chi connectivity index (χ1) is 15.7. The van der Waals surface area contributed by atoms with Crippen LogP contribution in [-0.4, -0.2) is 58.1 Å². The summed E-state index contributed by atoms with van der Waals surface area (Å²) in [5.74, 6) is 0.233. The molecule has 2 amide bonds. The van der Waals surface area contributed by atoms with Gasteiger partial charge in [0.1, 0.15) is 17.5 Å². The van der Waals surface area contributed by atoms with Crippen LogP contribution in [0.1, 0.15) is 20.3 Å². The average molecular weight is 489 g/mol. The lowest BCUT2D eigenvalue weighted by Crippen LogP contribution is -2.57. The second-order valence-electron chi connectivity index (χ2n) is 8.34. The minimum Gasteiger partial charge on any atom is -0.486 e. The molecule has 2 aromatic carbocycles. The zero-order chi connectivity index (χ0) is 23.6. The molecule has 1 fully saturated rings. The molecule has 1 aliphatic heterocycles. The van der Waals surface area contributed by atoms with Crippen molar-refractivity contribution < 1.29 is 19.4 Å². The average Bonchev–Trinajstić information content (AvgIpc) is 3.11. The molecule has 1 aliphatic rings. The number of benzene rings is 2. The van der Waals surface area contributed by atoms with Crippen molar-refractivity contribution in [2.45, 2.75) is 32.0 Å². The van der Waals surface area contributed by atoms with Gasteiger partial charge in [0.25, 0.3) is 0 Å². The van der Waals surface area contributed by atoms with Gasteiger partial charge in [0, 0.05) is 30.7 Å². The van der Waals surface area contributed by atoms with Crippen molar-refractivity contribution in [3.8, 4) is 5.75 Å². The first-order valence-corrected chi connectivity index (χ1v) is 11.7. The van der Waals surface area contributed by atoms with Crippen molar-refractivity contribution in [2.75, 3.05) is 30.3 Å². The molecule has 33 heavy (non-hydrogen) atoms. The molecule has 8 nitrogen and oxygen atoms in total. The quantitative estimate of drug-likeness (QED) is 0.488. The summed E-state index contributed by atoms with van der Waals surface area (Å²) in [5.41, 5.74) is 0.407. The Bertz CT molecular complexity index is 1180. The van der Waals surface area contributed by atoms with E-state index in [4.69, 9.17) is 16.3 Å². The first kappa shape index (κ1) is 23.4. The molecule has 0 saturated carbocycles. The monoisotopic (exact) mass is 488 g/mol. The van der Waals surface area contributed by atoms with Crippen molar-refractivity contribution in [3.63, 3.8) is 0 Å². The molecule has 10 heteroatoms. The largest absolute Gasteiger partial charge is 0.486 e. The molecule has 2 heterocycles. The van der Waals surface area contributed by atoms with Crippen LogP contribution in [0.25, 0.3) is 10.2 Å². The number of ether oxygens (including phenoxy) is 1. The van der Waals surface area contributed by atoms with Gasteiger partial charge in [-0.25, -0.2) is 4.98 Å². The van der Waals surface area contributed by atoms with Gasteiger partial charge in [-0.05, 0) is 49.7 Å². The van der Waals surface area contributed by atoms with Gasteiger partial charge in [-0.3, -0.25) is 14.5 Å². The summed E-state index contributed by atoms with van der Waals surface area (Å²) in [7, 11) is 0. The zero-order valence-electron chi connectivity index (χ0n) is 18.3. The van der Waals surface area contributed by atoms with Crippen LogP contribution >= 0.6 is 22.9 Å². The lowest BCUT2D eigenvalue weighted by Gasteiger charge is -2.42. The van der Waals surface area contributed by atoms with Crippen LogP contribution in [-0.2, 0) is 9.59 Å². The number of anilines is 2. The van der Waals surface area contributed by atoms with Crippen molar-refractivity contribution in [3.05, 3.63) is 47.5 Å². The minimum absolute atomic E-state index is 0.148. The van der Waals surface area contributed by atoms with Gasteiger partial charge in [-0.2, -0.15) is 0 Å². The number of piperidine rings is 1. The Morgan fingerprint density at radius 3 is 2.88 bits per heavy atom.